The number of hydrogen-bond donors (Lipinski definition) is 1. The van der Waals surface area contributed by atoms with Crippen LogP contribution in [0.15, 0.2) is 18.5 Å². The summed E-state index contributed by atoms with van der Waals surface area (Å²) in [6, 6.07) is 1.29. The first kappa shape index (κ1) is 13.5. The highest BCUT2D eigenvalue weighted by Gasteiger charge is 2.42. The third-order valence-corrected chi connectivity index (χ3v) is 4.52. The first-order valence-electron chi connectivity index (χ1n) is 7.35. The van der Waals surface area contributed by atoms with Gasteiger partial charge in [0, 0.05) is 25.8 Å². The van der Waals surface area contributed by atoms with E-state index in [2.05, 4.69) is 10.3 Å². The first-order chi connectivity index (χ1) is 9.71. The Labute approximate surface area is 118 Å². The van der Waals surface area contributed by atoms with Crippen LogP contribution in [-0.4, -0.2) is 41.0 Å². The van der Waals surface area contributed by atoms with Gasteiger partial charge in [0.2, 0.25) is 0 Å². The maximum atomic E-state index is 13.3. The van der Waals surface area contributed by atoms with Crippen LogP contribution in [0.2, 0.25) is 0 Å². The summed E-state index contributed by atoms with van der Waals surface area (Å²) in [5, 5.41) is 3.41. The minimum absolute atomic E-state index is 0.0830. The lowest BCUT2D eigenvalue weighted by molar-refractivity contribution is 0.0222. The largest absolute Gasteiger partial charge is 0.330 e. The lowest BCUT2D eigenvalue weighted by Gasteiger charge is -2.49. The molecule has 1 saturated carbocycles. The van der Waals surface area contributed by atoms with E-state index in [1.54, 1.807) is 0 Å². The van der Waals surface area contributed by atoms with Crippen LogP contribution in [0.5, 0.6) is 0 Å². The van der Waals surface area contributed by atoms with Gasteiger partial charge in [-0.25, -0.2) is 4.39 Å². The molecule has 1 aliphatic carbocycles. The molecule has 1 aromatic heterocycles. The van der Waals surface area contributed by atoms with E-state index in [1.807, 2.05) is 4.90 Å². The molecule has 0 unspecified atom stereocenters. The summed E-state index contributed by atoms with van der Waals surface area (Å²) >= 11 is 0. The number of rotatable bonds is 1. The SMILES string of the molecule is O=C(c1cncc(F)c1)N1CCNCC12CCCCC2. The minimum atomic E-state index is -0.455. The fourth-order valence-corrected chi connectivity index (χ4v) is 3.50. The van der Waals surface area contributed by atoms with Gasteiger partial charge in [-0.05, 0) is 18.9 Å². The molecule has 20 heavy (non-hydrogen) atoms. The highest BCUT2D eigenvalue weighted by atomic mass is 19.1. The van der Waals surface area contributed by atoms with Crippen molar-refractivity contribution in [2.45, 2.75) is 37.6 Å². The molecule has 0 radical (unpaired) electrons. The molecule has 2 heterocycles. The molecule has 1 N–H and O–H groups in total. The van der Waals surface area contributed by atoms with E-state index >= 15 is 0 Å². The van der Waals surface area contributed by atoms with E-state index in [-0.39, 0.29) is 11.4 Å². The summed E-state index contributed by atoms with van der Waals surface area (Å²) in [5.74, 6) is -0.538. The fraction of sp³-hybridized carbons (Fsp3) is 0.600. The third-order valence-electron chi connectivity index (χ3n) is 4.52. The van der Waals surface area contributed by atoms with Crippen molar-refractivity contribution in [2.75, 3.05) is 19.6 Å². The summed E-state index contributed by atoms with van der Waals surface area (Å²) in [6.45, 7) is 2.34. The molecule has 0 atom stereocenters. The second-order valence-corrected chi connectivity index (χ2v) is 5.81. The summed E-state index contributed by atoms with van der Waals surface area (Å²) < 4.78 is 13.3. The van der Waals surface area contributed by atoms with Gasteiger partial charge >= 0.3 is 0 Å². The molecule has 1 aliphatic heterocycles. The average molecular weight is 277 g/mol. The Morgan fingerprint density at radius 3 is 2.85 bits per heavy atom. The predicted molar refractivity (Wildman–Crippen MR) is 73.9 cm³/mol. The second kappa shape index (κ2) is 5.48. The number of nitrogens with zero attached hydrogens (tertiary/aromatic N) is 2. The van der Waals surface area contributed by atoms with Crippen molar-refractivity contribution in [3.05, 3.63) is 29.8 Å². The third kappa shape index (κ3) is 2.42. The van der Waals surface area contributed by atoms with Gasteiger partial charge in [0.1, 0.15) is 5.82 Å². The van der Waals surface area contributed by atoms with E-state index in [0.717, 1.165) is 45.0 Å². The van der Waals surface area contributed by atoms with E-state index < -0.39 is 5.82 Å². The van der Waals surface area contributed by atoms with Crippen LogP contribution in [0.4, 0.5) is 4.39 Å². The molecule has 3 rings (SSSR count). The van der Waals surface area contributed by atoms with Crippen LogP contribution in [0.1, 0.15) is 42.5 Å². The monoisotopic (exact) mass is 277 g/mol. The molecule has 1 amide bonds. The zero-order valence-corrected chi connectivity index (χ0v) is 11.6. The zero-order valence-electron chi connectivity index (χ0n) is 11.6. The Hall–Kier alpha value is -1.49. The Bertz CT molecular complexity index is 491. The van der Waals surface area contributed by atoms with Gasteiger partial charge in [0.15, 0.2) is 0 Å². The maximum absolute atomic E-state index is 13.3. The molecule has 2 aliphatic rings. The van der Waals surface area contributed by atoms with Crippen LogP contribution in [0.3, 0.4) is 0 Å². The number of carbonyl (C=O) groups excluding carboxylic acids is 1. The molecule has 1 spiro atoms. The van der Waals surface area contributed by atoms with Crippen molar-refractivity contribution in [1.82, 2.24) is 15.2 Å². The quantitative estimate of drug-likeness (QED) is 0.853. The highest BCUT2D eigenvalue weighted by molar-refractivity contribution is 5.94. The first-order valence-corrected chi connectivity index (χ1v) is 7.35. The molecule has 0 aromatic carbocycles. The number of pyridine rings is 1. The number of nitrogens with one attached hydrogen (secondary N) is 1. The predicted octanol–water partition coefficient (Wildman–Crippen LogP) is 1.97. The normalized spacial score (nSPS) is 21.9. The van der Waals surface area contributed by atoms with E-state index in [9.17, 15) is 9.18 Å². The Kier molecular flexibility index (Phi) is 3.70. The van der Waals surface area contributed by atoms with Gasteiger partial charge in [0.25, 0.3) is 5.91 Å². The molecular weight excluding hydrogens is 257 g/mol. The number of piperazine rings is 1. The zero-order chi connectivity index (χ0) is 14.0. The molecule has 0 bridgehead atoms. The van der Waals surface area contributed by atoms with Gasteiger partial charge in [-0.2, -0.15) is 0 Å². The molecule has 4 nitrogen and oxygen atoms in total. The minimum Gasteiger partial charge on any atom is -0.330 e. The van der Waals surface area contributed by atoms with Crippen molar-refractivity contribution in [3.8, 4) is 0 Å². The van der Waals surface area contributed by atoms with Gasteiger partial charge in [-0.1, -0.05) is 19.3 Å². The summed E-state index contributed by atoms with van der Waals surface area (Å²) in [4.78, 5) is 18.5. The standard InChI is InChI=1S/C15H20FN3O/c16-13-8-12(9-18-10-13)14(20)19-7-6-17-11-15(19)4-2-1-3-5-15/h8-10,17H,1-7,11H2. The van der Waals surface area contributed by atoms with Crippen molar-refractivity contribution in [2.24, 2.45) is 0 Å². The van der Waals surface area contributed by atoms with E-state index in [1.165, 1.54) is 18.7 Å². The summed E-state index contributed by atoms with van der Waals surface area (Å²) in [5.41, 5.74) is 0.275. The highest BCUT2D eigenvalue weighted by Crippen LogP contribution is 2.35. The Morgan fingerprint density at radius 1 is 1.30 bits per heavy atom. The fourth-order valence-electron chi connectivity index (χ4n) is 3.50. The lowest BCUT2D eigenvalue weighted by Crippen LogP contribution is -2.63. The van der Waals surface area contributed by atoms with Crippen molar-refractivity contribution in [3.63, 3.8) is 0 Å². The Balaban J connectivity index is 1.87. The average Bonchev–Trinajstić information content (AvgIpc) is 2.48. The number of hydrogen-bond acceptors (Lipinski definition) is 3. The van der Waals surface area contributed by atoms with E-state index in [4.69, 9.17) is 0 Å². The molecule has 5 heteroatoms. The van der Waals surface area contributed by atoms with Crippen LogP contribution in [-0.2, 0) is 0 Å². The van der Waals surface area contributed by atoms with Crippen LogP contribution in [0.25, 0.3) is 0 Å². The Morgan fingerprint density at radius 2 is 2.10 bits per heavy atom. The topological polar surface area (TPSA) is 45.2 Å². The van der Waals surface area contributed by atoms with E-state index in [0.29, 0.717) is 12.1 Å². The number of aromatic nitrogens is 1. The van der Waals surface area contributed by atoms with Gasteiger partial charge in [0.05, 0.1) is 17.3 Å². The molecule has 108 valence electrons. The summed E-state index contributed by atoms with van der Waals surface area (Å²) in [6.07, 6.45) is 8.23. The smallest absolute Gasteiger partial charge is 0.256 e. The molecular formula is C15H20FN3O. The number of halogens is 1. The van der Waals surface area contributed by atoms with Crippen molar-refractivity contribution >= 4 is 5.91 Å². The number of carbonyl (C=O) groups is 1. The van der Waals surface area contributed by atoms with Gasteiger partial charge in [-0.15, -0.1) is 0 Å². The van der Waals surface area contributed by atoms with Crippen molar-refractivity contribution < 1.29 is 9.18 Å². The van der Waals surface area contributed by atoms with Gasteiger partial charge in [-0.3, -0.25) is 9.78 Å². The lowest BCUT2D eigenvalue weighted by atomic mass is 9.78. The molecule has 1 aromatic rings. The molecule has 2 fully saturated rings. The summed E-state index contributed by atoms with van der Waals surface area (Å²) in [7, 11) is 0. The molecule has 1 saturated heterocycles. The van der Waals surface area contributed by atoms with Crippen LogP contribution in [0, 0.1) is 5.82 Å². The van der Waals surface area contributed by atoms with Crippen LogP contribution >= 0.6 is 0 Å². The number of amides is 1. The van der Waals surface area contributed by atoms with Crippen LogP contribution < -0.4 is 5.32 Å². The van der Waals surface area contributed by atoms with Gasteiger partial charge < -0.3 is 10.2 Å². The maximum Gasteiger partial charge on any atom is 0.256 e. The second-order valence-electron chi connectivity index (χ2n) is 5.81. The van der Waals surface area contributed by atoms with Crippen molar-refractivity contribution in [1.29, 1.82) is 0 Å².